The van der Waals surface area contributed by atoms with Crippen LogP contribution in [0.4, 0.5) is 0 Å². The largest absolute Gasteiger partial charge is 0.439 e. The van der Waals surface area contributed by atoms with E-state index < -0.39 is 11.9 Å². The lowest BCUT2D eigenvalue weighted by Gasteiger charge is -2.27. The van der Waals surface area contributed by atoms with Crippen molar-refractivity contribution in [1.82, 2.24) is 20.5 Å². The number of para-hydroxylation sites is 1. The number of nitrogens with two attached hydrogens (primary N) is 1. The van der Waals surface area contributed by atoms with Crippen LogP contribution in [-0.2, 0) is 16.1 Å². The van der Waals surface area contributed by atoms with Crippen molar-refractivity contribution in [3.05, 3.63) is 76.1 Å². The van der Waals surface area contributed by atoms with Gasteiger partial charge < -0.3 is 26.0 Å². The third-order valence-electron chi connectivity index (χ3n) is 6.99. The molecule has 38 heavy (non-hydrogen) atoms. The molecule has 2 aromatic heterocycles. The maximum Gasteiger partial charge on any atom is 0.253 e. The van der Waals surface area contributed by atoms with E-state index in [1.807, 2.05) is 18.2 Å². The molecule has 196 valence electrons. The highest BCUT2D eigenvalue weighted by atomic mass is 32.1. The fourth-order valence-corrected chi connectivity index (χ4v) is 5.62. The number of carbonyl (C=O) groups is 3. The third-order valence-corrected chi connectivity index (χ3v) is 7.93. The summed E-state index contributed by atoms with van der Waals surface area (Å²) in [5.74, 6) is 0.00688. The second-order valence-electron chi connectivity index (χ2n) is 9.81. The van der Waals surface area contributed by atoms with E-state index in [1.165, 1.54) is 17.5 Å². The molecule has 5 rings (SSSR count). The van der Waals surface area contributed by atoms with Crippen LogP contribution in [0, 0.1) is 10.8 Å². The summed E-state index contributed by atoms with van der Waals surface area (Å²) in [5, 5.41) is 14.8. The molecule has 1 saturated heterocycles. The van der Waals surface area contributed by atoms with E-state index in [-0.39, 0.29) is 35.7 Å². The summed E-state index contributed by atoms with van der Waals surface area (Å²) in [5.41, 5.74) is 6.35. The van der Waals surface area contributed by atoms with E-state index in [4.69, 9.17) is 15.9 Å². The number of piperidine rings is 1. The van der Waals surface area contributed by atoms with Gasteiger partial charge in [0.15, 0.2) is 0 Å². The van der Waals surface area contributed by atoms with E-state index in [9.17, 15) is 14.4 Å². The average Bonchev–Trinajstić information content (AvgIpc) is 3.23. The average molecular weight is 533 g/mol. The predicted octanol–water partition coefficient (Wildman–Crippen LogP) is 2.65. The molecule has 1 aliphatic heterocycles. The van der Waals surface area contributed by atoms with Gasteiger partial charge in [-0.2, -0.15) is 0 Å². The number of hydrogen-bond donors (Lipinski definition) is 4. The van der Waals surface area contributed by atoms with Crippen LogP contribution in [0.3, 0.4) is 0 Å². The van der Waals surface area contributed by atoms with Gasteiger partial charge in [-0.3, -0.25) is 19.8 Å². The SMILES string of the molecule is C[C@]12CC1N(C(=O)CNC(=O)c1ccc(Oc3ccccc3)nc1)[C@H](C(=O)NCc1cc(C(=N)N)cs1)C2. The molecule has 5 N–H and O–H groups in total. The van der Waals surface area contributed by atoms with Gasteiger partial charge in [0.2, 0.25) is 17.7 Å². The summed E-state index contributed by atoms with van der Waals surface area (Å²) >= 11 is 1.41. The fraction of sp³-hybridized carbons (Fsp3) is 0.296. The number of hydrogen-bond acceptors (Lipinski definition) is 7. The standard InChI is InChI=1S/C27H28N6O4S/c1-27-10-20(26(36)31-13-19-9-17(15-38-19)24(28)29)33(21(27)11-27)23(34)14-32-25(35)16-7-8-22(30-12-16)37-18-5-3-2-4-6-18/h2-9,12,15,20-21H,10-11,13-14H2,1H3,(H3,28,29)(H,31,36)(H,32,35)/t20-,21?,27-/m0/s1. The Morgan fingerprint density at radius 3 is 2.63 bits per heavy atom. The van der Waals surface area contributed by atoms with Gasteiger partial charge in [0.25, 0.3) is 5.91 Å². The molecule has 2 aliphatic rings. The molecule has 1 unspecified atom stereocenters. The molecule has 3 aromatic rings. The summed E-state index contributed by atoms with van der Waals surface area (Å²) < 4.78 is 5.64. The minimum atomic E-state index is -0.591. The van der Waals surface area contributed by atoms with Gasteiger partial charge >= 0.3 is 0 Å². The molecule has 0 bridgehead atoms. The maximum atomic E-state index is 13.1. The molecule has 1 aromatic carbocycles. The van der Waals surface area contributed by atoms with Crippen molar-refractivity contribution in [2.45, 2.75) is 38.4 Å². The van der Waals surface area contributed by atoms with Crippen LogP contribution in [0.5, 0.6) is 11.6 Å². The third kappa shape index (κ3) is 5.37. The molecule has 1 aliphatic carbocycles. The van der Waals surface area contributed by atoms with E-state index in [0.29, 0.717) is 35.7 Å². The second kappa shape index (κ2) is 10.3. The minimum Gasteiger partial charge on any atom is -0.439 e. The minimum absolute atomic E-state index is 0.00945. The van der Waals surface area contributed by atoms with Crippen molar-refractivity contribution in [2.75, 3.05) is 6.54 Å². The van der Waals surface area contributed by atoms with Crippen LogP contribution in [0.15, 0.2) is 60.1 Å². The van der Waals surface area contributed by atoms with Gasteiger partial charge in [0.05, 0.1) is 18.7 Å². The van der Waals surface area contributed by atoms with Crippen LogP contribution < -0.4 is 21.1 Å². The summed E-state index contributed by atoms with van der Waals surface area (Å²) in [7, 11) is 0. The molecule has 2 fully saturated rings. The Hall–Kier alpha value is -4.25. The summed E-state index contributed by atoms with van der Waals surface area (Å²) in [4.78, 5) is 45.5. The zero-order chi connectivity index (χ0) is 26.9. The van der Waals surface area contributed by atoms with E-state index in [0.717, 1.165) is 11.3 Å². The smallest absolute Gasteiger partial charge is 0.253 e. The van der Waals surface area contributed by atoms with E-state index in [1.54, 1.807) is 40.6 Å². The number of ether oxygens (including phenoxy) is 1. The molecule has 1 saturated carbocycles. The van der Waals surface area contributed by atoms with Crippen LogP contribution in [-0.4, -0.2) is 52.1 Å². The van der Waals surface area contributed by atoms with Crippen LogP contribution in [0.1, 0.15) is 40.6 Å². The first kappa shape index (κ1) is 25.4. The molecule has 3 heterocycles. The van der Waals surface area contributed by atoms with Crippen molar-refractivity contribution < 1.29 is 19.1 Å². The second-order valence-corrected chi connectivity index (χ2v) is 10.8. The number of nitrogens with zero attached hydrogens (tertiary/aromatic N) is 2. The first-order valence-corrected chi connectivity index (χ1v) is 13.1. The highest BCUT2D eigenvalue weighted by Gasteiger charge is 2.64. The summed E-state index contributed by atoms with van der Waals surface area (Å²) in [6, 6.07) is 13.5. The molecule has 0 spiro atoms. The number of rotatable bonds is 9. The van der Waals surface area contributed by atoms with Gasteiger partial charge in [-0.05, 0) is 42.5 Å². The Kier molecular flexibility index (Phi) is 6.85. The number of benzene rings is 1. The number of pyridine rings is 1. The maximum absolute atomic E-state index is 13.1. The van der Waals surface area contributed by atoms with Gasteiger partial charge in [-0.25, -0.2) is 4.98 Å². The van der Waals surface area contributed by atoms with Gasteiger partial charge in [0, 0.05) is 34.1 Å². The van der Waals surface area contributed by atoms with Gasteiger partial charge in [0.1, 0.15) is 17.6 Å². The van der Waals surface area contributed by atoms with Crippen LogP contribution in [0.2, 0.25) is 0 Å². The van der Waals surface area contributed by atoms with Crippen molar-refractivity contribution in [3.8, 4) is 11.6 Å². The van der Waals surface area contributed by atoms with Crippen molar-refractivity contribution in [2.24, 2.45) is 11.1 Å². The highest BCUT2D eigenvalue weighted by molar-refractivity contribution is 7.10. The number of aromatic nitrogens is 1. The molecule has 3 atom stereocenters. The van der Waals surface area contributed by atoms with Crippen molar-refractivity contribution >= 4 is 34.9 Å². The van der Waals surface area contributed by atoms with Gasteiger partial charge in [-0.15, -0.1) is 11.3 Å². The Morgan fingerprint density at radius 1 is 1.16 bits per heavy atom. The van der Waals surface area contributed by atoms with E-state index in [2.05, 4.69) is 22.5 Å². The first-order chi connectivity index (χ1) is 18.2. The summed E-state index contributed by atoms with van der Waals surface area (Å²) in [6.45, 7) is 2.15. The number of carbonyl (C=O) groups excluding carboxylic acids is 3. The van der Waals surface area contributed by atoms with Crippen LogP contribution >= 0.6 is 11.3 Å². The Balaban J connectivity index is 1.16. The number of thiophene rings is 1. The normalized spacial score (nSPS) is 21.3. The number of amides is 3. The molecular formula is C27H28N6O4S. The zero-order valence-electron chi connectivity index (χ0n) is 20.8. The topological polar surface area (TPSA) is 150 Å². The predicted molar refractivity (Wildman–Crippen MR) is 142 cm³/mol. The number of likely N-dealkylation sites (tertiary alicyclic amines) is 1. The molecule has 10 nitrogen and oxygen atoms in total. The zero-order valence-corrected chi connectivity index (χ0v) is 21.6. The number of fused-ring (bicyclic) bond motifs is 1. The van der Waals surface area contributed by atoms with Crippen molar-refractivity contribution in [3.63, 3.8) is 0 Å². The first-order valence-electron chi connectivity index (χ1n) is 12.2. The van der Waals surface area contributed by atoms with Crippen molar-refractivity contribution in [1.29, 1.82) is 5.41 Å². The molecular weight excluding hydrogens is 504 g/mol. The number of nitrogen functional groups attached to an aromatic ring is 1. The molecule has 0 radical (unpaired) electrons. The lowest BCUT2D eigenvalue weighted by atomic mass is 10.0. The number of amidine groups is 1. The van der Waals surface area contributed by atoms with Crippen LogP contribution in [0.25, 0.3) is 0 Å². The Morgan fingerprint density at radius 2 is 1.95 bits per heavy atom. The molecule has 11 heteroatoms. The molecule has 3 amide bonds. The number of nitrogens with one attached hydrogen (secondary N) is 3. The quantitative estimate of drug-likeness (QED) is 0.246. The lowest BCUT2D eigenvalue weighted by Crippen LogP contribution is -2.50. The monoisotopic (exact) mass is 532 g/mol. The summed E-state index contributed by atoms with van der Waals surface area (Å²) in [6.07, 6.45) is 2.82. The Labute approximate surface area is 223 Å². The van der Waals surface area contributed by atoms with Gasteiger partial charge in [-0.1, -0.05) is 25.1 Å². The fourth-order valence-electron chi connectivity index (χ4n) is 4.80. The highest BCUT2D eigenvalue weighted by Crippen LogP contribution is 2.59. The Bertz CT molecular complexity index is 1380. The lowest BCUT2D eigenvalue weighted by molar-refractivity contribution is -0.139. The van der Waals surface area contributed by atoms with E-state index >= 15 is 0 Å².